The Morgan fingerprint density at radius 2 is 1.37 bits per heavy atom. The molecule has 0 heterocycles. The molecule has 0 spiro atoms. The number of benzene rings is 2. The molecule has 0 saturated heterocycles. The van der Waals surface area contributed by atoms with Crippen molar-refractivity contribution >= 4 is 29.8 Å². The molecule has 41 heavy (non-hydrogen) atoms. The minimum absolute atomic E-state index is 0.00124. The fraction of sp³-hybridized carbons (Fsp3) is 0.414. The Hall–Kier alpha value is -4.61. The first-order valence-corrected chi connectivity index (χ1v) is 12.8. The van der Waals surface area contributed by atoms with Gasteiger partial charge in [0.15, 0.2) is 23.7 Å². The highest BCUT2D eigenvalue weighted by atomic mass is 16.6. The van der Waals surface area contributed by atoms with Gasteiger partial charge >= 0.3 is 29.8 Å². The number of ether oxygens (including phenoxy) is 6. The molecule has 1 aliphatic carbocycles. The van der Waals surface area contributed by atoms with Crippen LogP contribution in [0.2, 0.25) is 0 Å². The molecule has 5 atom stereocenters. The molecule has 0 radical (unpaired) electrons. The van der Waals surface area contributed by atoms with Crippen LogP contribution in [0.25, 0.3) is 0 Å². The lowest BCUT2D eigenvalue weighted by Gasteiger charge is -2.44. The van der Waals surface area contributed by atoms with Gasteiger partial charge in [-0.25, -0.2) is 4.79 Å². The number of aromatic hydroxyl groups is 1. The van der Waals surface area contributed by atoms with Crippen molar-refractivity contribution in [3.63, 3.8) is 0 Å². The third-order valence-electron chi connectivity index (χ3n) is 6.11. The van der Waals surface area contributed by atoms with E-state index in [2.05, 4.69) is 0 Å². The average molecular weight is 573 g/mol. The van der Waals surface area contributed by atoms with E-state index < -0.39 is 65.9 Å². The smallest absolute Gasteiger partial charge is 0.338 e. The zero-order chi connectivity index (χ0) is 30.1. The van der Waals surface area contributed by atoms with E-state index in [0.717, 1.165) is 32.4 Å². The summed E-state index contributed by atoms with van der Waals surface area (Å²) < 4.78 is 32.8. The van der Waals surface area contributed by atoms with Gasteiger partial charge < -0.3 is 33.5 Å². The Kier molecular flexibility index (Phi) is 10.7. The highest BCUT2D eigenvalue weighted by Gasteiger charge is 2.52. The molecule has 12 nitrogen and oxygen atoms in total. The summed E-state index contributed by atoms with van der Waals surface area (Å²) in [4.78, 5) is 60.0. The second-order valence-corrected chi connectivity index (χ2v) is 9.42. The predicted octanol–water partition coefficient (Wildman–Crippen LogP) is 2.87. The van der Waals surface area contributed by atoms with Crippen LogP contribution in [0.3, 0.4) is 0 Å². The van der Waals surface area contributed by atoms with Crippen molar-refractivity contribution in [2.45, 2.75) is 65.1 Å². The fourth-order valence-corrected chi connectivity index (χ4v) is 4.46. The van der Waals surface area contributed by atoms with Gasteiger partial charge in [0.25, 0.3) is 0 Å². The minimum Gasteiger partial charge on any atom is -0.504 e. The first kappa shape index (κ1) is 30.9. The number of carbonyl (C=O) groups is 5. The standard InChI is InChI=1S/C29H32O12/c1-16(30)36-15-22-13-25(27(39-18(3)32)28(40-19(4)33)26(22)38-17(2)31)41-24-11-10-21(12-23(24)34)29(35)37-14-20-8-6-5-7-9-20/h5-12,22,25-28,34H,13-15H2,1-4H3/t22-,25?,26+,27+,28+/m1/s1. The second kappa shape index (κ2) is 14.1. The summed E-state index contributed by atoms with van der Waals surface area (Å²) in [5, 5.41) is 10.7. The second-order valence-electron chi connectivity index (χ2n) is 9.42. The molecule has 2 aromatic rings. The highest BCUT2D eigenvalue weighted by Crippen LogP contribution is 2.37. The highest BCUT2D eigenvalue weighted by molar-refractivity contribution is 5.90. The van der Waals surface area contributed by atoms with E-state index in [1.54, 1.807) is 12.1 Å². The number of carbonyl (C=O) groups excluding carboxylic acids is 5. The van der Waals surface area contributed by atoms with Crippen LogP contribution in [0.1, 0.15) is 50.0 Å². The molecule has 0 aliphatic heterocycles. The first-order chi connectivity index (χ1) is 19.4. The number of phenols is 1. The van der Waals surface area contributed by atoms with Gasteiger partial charge in [0, 0.05) is 33.6 Å². The fourth-order valence-electron chi connectivity index (χ4n) is 4.46. The lowest BCUT2D eigenvalue weighted by Crippen LogP contribution is -2.60. The molecule has 1 unspecified atom stereocenters. The van der Waals surface area contributed by atoms with Crippen molar-refractivity contribution in [2.24, 2.45) is 5.92 Å². The van der Waals surface area contributed by atoms with E-state index in [9.17, 15) is 29.1 Å². The Morgan fingerprint density at radius 3 is 1.95 bits per heavy atom. The van der Waals surface area contributed by atoms with E-state index in [4.69, 9.17) is 28.4 Å². The molecule has 2 aromatic carbocycles. The Balaban J connectivity index is 1.87. The van der Waals surface area contributed by atoms with Gasteiger partial charge in [0.05, 0.1) is 12.2 Å². The Morgan fingerprint density at radius 1 is 0.756 bits per heavy atom. The van der Waals surface area contributed by atoms with Crippen molar-refractivity contribution in [2.75, 3.05) is 6.61 Å². The number of hydrogen-bond donors (Lipinski definition) is 1. The van der Waals surface area contributed by atoms with Gasteiger partial charge in [-0.3, -0.25) is 19.2 Å². The lowest BCUT2D eigenvalue weighted by atomic mass is 9.80. The normalized spacial score (nSPS) is 21.6. The summed E-state index contributed by atoms with van der Waals surface area (Å²) >= 11 is 0. The van der Waals surface area contributed by atoms with E-state index in [0.29, 0.717) is 0 Å². The average Bonchev–Trinajstić information content (AvgIpc) is 2.90. The summed E-state index contributed by atoms with van der Waals surface area (Å²) in [6, 6.07) is 12.9. The van der Waals surface area contributed by atoms with Crippen molar-refractivity contribution in [3.8, 4) is 11.5 Å². The topological polar surface area (TPSA) is 161 Å². The first-order valence-electron chi connectivity index (χ1n) is 12.8. The minimum atomic E-state index is -1.33. The molecule has 12 heteroatoms. The molecule has 220 valence electrons. The maximum absolute atomic E-state index is 12.5. The third-order valence-corrected chi connectivity index (χ3v) is 6.11. The van der Waals surface area contributed by atoms with Crippen LogP contribution in [-0.2, 0) is 49.5 Å². The van der Waals surface area contributed by atoms with Crippen LogP contribution < -0.4 is 4.74 Å². The van der Waals surface area contributed by atoms with E-state index in [1.165, 1.54) is 19.1 Å². The Bertz CT molecular complexity index is 1260. The van der Waals surface area contributed by atoms with Crippen molar-refractivity contribution in [1.29, 1.82) is 0 Å². The number of esters is 5. The van der Waals surface area contributed by atoms with Gasteiger partial charge in [-0.15, -0.1) is 0 Å². The molecular formula is C29H32O12. The van der Waals surface area contributed by atoms with Gasteiger partial charge in [0.1, 0.15) is 18.8 Å². The molecule has 1 N–H and O–H groups in total. The molecule has 1 aliphatic rings. The number of rotatable bonds is 10. The SMILES string of the molecule is CC(=O)OC[C@H]1CC(Oc2ccc(C(=O)OCc3ccccc3)cc2O)[C@H](OC(C)=O)[C@@H](OC(C)=O)[C@H]1OC(C)=O. The van der Waals surface area contributed by atoms with Crippen LogP contribution in [-0.4, -0.2) is 66.0 Å². The molecule has 3 rings (SSSR count). The van der Waals surface area contributed by atoms with E-state index in [-0.39, 0.29) is 30.9 Å². The van der Waals surface area contributed by atoms with Crippen LogP contribution >= 0.6 is 0 Å². The van der Waals surface area contributed by atoms with Crippen LogP contribution in [0, 0.1) is 5.92 Å². The maximum atomic E-state index is 12.5. The lowest BCUT2D eigenvalue weighted by molar-refractivity contribution is -0.213. The Labute approximate surface area is 236 Å². The van der Waals surface area contributed by atoms with Crippen LogP contribution in [0.15, 0.2) is 48.5 Å². The van der Waals surface area contributed by atoms with E-state index in [1.807, 2.05) is 18.2 Å². The molecule has 0 amide bonds. The van der Waals surface area contributed by atoms with E-state index >= 15 is 0 Å². The summed E-state index contributed by atoms with van der Waals surface area (Å²) in [5.41, 5.74) is 0.850. The zero-order valence-electron chi connectivity index (χ0n) is 23.1. The molecule has 0 aromatic heterocycles. The quantitative estimate of drug-likeness (QED) is 0.328. The number of phenolic OH excluding ortho intramolecular Hbond substituents is 1. The van der Waals surface area contributed by atoms with Crippen LogP contribution in [0.5, 0.6) is 11.5 Å². The van der Waals surface area contributed by atoms with Gasteiger partial charge in [0.2, 0.25) is 0 Å². The molecule has 0 bridgehead atoms. The summed E-state index contributed by atoms with van der Waals surface area (Å²) in [6.07, 6.45) is -4.80. The maximum Gasteiger partial charge on any atom is 0.338 e. The van der Waals surface area contributed by atoms with Gasteiger partial charge in [-0.05, 0) is 30.2 Å². The summed E-state index contributed by atoms with van der Waals surface area (Å²) in [7, 11) is 0. The number of hydrogen-bond acceptors (Lipinski definition) is 12. The van der Waals surface area contributed by atoms with Crippen molar-refractivity contribution in [3.05, 3.63) is 59.7 Å². The molecular weight excluding hydrogens is 540 g/mol. The third kappa shape index (κ3) is 8.95. The zero-order valence-corrected chi connectivity index (χ0v) is 23.1. The summed E-state index contributed by atoms with van der Waals surface area (Å²) in [6.45, 7) is 4.43. The predicted molar refractivity (Wildman–Crippen MR) is 139 cm³/mol. The van der Waals surface area contributed by atoms with Crippen molar-refractivity contribution in [1.82, 2.24) is 0 Å². The summed E-state index contributed by atoms with van der Waals surface area (Å²) in [5.74, 6) is -4.69. The van der Waals surface area contributed by atoms with Crippen LogP contribution in [0.4, 0.5) is 0 Å². The van der Waals surface area contributed by atoms with Gasteiger partial charge in [-0.2, -0.15) is 0 Å². The largest absolute Gasteiger partial charge is 0.504 e. The molecule has 1 fully saturated rings. The van der Waals surface area contributed by atoms with Gasteiger partial charge in [-0.1, -0.05) is 30.3 Å². The molecule has 1 saturated carbocycles. The van der Waals surface area contributed by atoms with Crippen molar-refractivity contribution < 1.29 is 57.5 Å². The monoisotopic (exact) mass is 572 g/mol.